The molecule has 1 N–H and O–H groups in total. The van der Waals surface area contributed by atoms with Gasteiger partial charge in [0.1, 0.15) is 4.88 Å². The van der Waals surface area contributed by atoms with Crippen molar-refractivity contribution >= 4 is 23.2 Å². The zero-order valence-corrected chi connectivity index (χ0v) is 19.0. The number of hydrogen-bond donors (Lipinski definition) is 1. The molecule has 32 heavy (non-hydrogen) atoms. The van der Waals surface area contributed by atoms with Gasteiger partial charge in [-0.05, 0) is 55.9 Å². The molecule has 0 bridgehead atoms. The minimum Gasteiger partial charge on any atom is -0.349 e. The van der Waals surface area contributed by atoms with Crippen LogP contribution in [0.5, 0.6) is 0 Å². The Kier molecular flexibility index (Phi) is 5.79. The summed E-state index contributed by atoms with van der Waals surface area (Å²) < 4.78 is 0. The highest BCUT2D eigenvalue weighted by Crippen LogP contribution is 2.32. The van der Waals surface area contributed by atoms with Gasteiger partial charge >= 0.3 is 0 Å². The number of aryl methyl sites for hydroxylation is 1. The van der Waals surface area contributed by atoms with Gasteiger partial charge < -0.3 is 10.2 Å². The summed E-state index contributed by atoms with van der Waals surface area (Å²) in [7, 11) is 0. The van der Waals surface area contributed by atoms with Crippen LogP contribution in [0, 0.1) is 6.92 Å². The van der Waals surface area contributed by atoms with Crippen molar-refractivity contribution < 1.29 is 9.59 Å². The molecule has 1 aromatic heterocycles. The number of thiazole rings is 1. The molecule has 2 aliphatic carbocycles. The van der Waals surface area contributed by atoms with Crippen molar-refractivity contribution in [1.29, 1.82) is 0 Å². The van der Waals surface area contributed by atoms with Crippen molar-refractivity contribution in [3.05, 3.63) is 86.9 Å². The molecule has 164 valence electrons. The molecule has 2 saturated carbocycles. The molecule has 2 aliphatic rings. The van der Waals surface area contributed by atoms with E-state index >= 15 is 0 Å². The second kappa shape index (κ2) is 8.87. The van der Waals surface area contributed by atoms with Crippen molar-refractivity contribution in [1.82, 2.24) is 15.2 Å². The molecule has 2 amide bonds. The molecular formula is C26H27N3O2S. The maximum Gasteiger partial charge on any atom is 0.266 e. The van der Waals surface area contributed by atoms with Crippen LogP contribution in [0.3, 0.4) is 0 Å². The van der Waals surface area contributed by atoms with E-state index < -0.39 is 0 Å². The van der Waals surface area contributed by atoms with Crippen LogP contribution >= 0.6 is 11.3 Å². The van der Waals surface area contributed by atoms with Gasteiger partial charge in [-0.2, -0.15) is 0 Å². The number of hydrogen-bond acceptors (Lipinski definition) is 4. The third-order valence-electron chi connectivity index (χ3n) is 5.96. The van der Waals surface area contributed by atoms with Crippen LogP contribution < -0.4 is 5.32 Å². The Morgan fingerprint density at radius 3 is 2.38 bits per heavy atom. The number of carbonyl (C=O) groups excluding carboxylic acids is 2. The van der Waals surface area contributed by atoms with Crippen LogP contribution in [-0.4, -0.2) is 33.8 Å². The van der Waals surface area contributed by atoms with Crippen LogP contribution in [0.25, 0.3) is 0 Å². The van der Waals surface area contributed by atoms with E-state index in [4.69, 9.17) is 0 Å². The summed E-state index contributed by atoms with van der Waals surface area (Å²) in [5.41, 5.74) is 3.72. The third-order valence-corrected chi connectivity index (χ3v) is 7.11. The van der Waals surface area contributed by atoms with E-state index in [2.05, 4.69) is 22.4 Å². The molecule has 1 heterocycles. The molecule has 0 radical (unpaired) electrons. The van der Waals surface area contributed by atoms with Crippen LogP contribution in [0.15, 0.2) is 54.6 Å². The molecule has 5 nitrogen and oxygen atoms in total. The summed E-state index contributed by atoms with van der Waals surface area (Å²) in [6.45, 7) is 2.48. The largest absolute Gasteiger partial charge is 0.349 e. The number of benzene rings is 2. The van der Waals surface area contributed by atoms with Crippen molar-refractivity contribution in [2.24, 2.45) is 0 Å². The lowest BCUT2D eigenvalue weighted by Gasteiger charge is -2.22. The number of nitrogens with zero attached hydrogens (tertiary/aromatic N) is 2. The second-order valence-electron chi connectivity index (χ2n) is 8.79. The Hall–Kier alpha value is -2.99. The first kappa shape index (κ1) is 20.9. The van der Waals surface area contributed by atoms with Gasteiger partial charge in [0.25, 0.3) is 11.8 Å². The maximum absolute atomic E-state index is 13.5. The second-order valence-corrected chi connectivity index (χ2v) is 9.88. The predicted octanol–water partition coefficient (Wildman–Crippen LogP) is 4.74. The fraction of sp³-hybridized carbons (Fsp3) is 0.346. The number of amides is 2. The molecule has 5 rings (SSSR count). The molecule has 0 unspecified atom stereocenters. The quantitative estimate of drug-likeness (QED) is 0.545. The van der Waals surface area contributed by atoms with Crippen LogP contribution in [-0.2, 0) is 13.0 Å². The Morgan fingerprint density at radius 2 is 1.72 bits per heavy atom. The Balaban J connectivity index is 1.29. The van der Waals surface area contributed by atoms with E-state index in [0.717, 1.165) is 53.2 Å². The highest BCUT2D eigenvalue weighted by molar-refractivity contribution is 7.13. The topological polar surface area (TPSA) is 62.3 Å². The SMILES string of the molecule is Cc1nc(Cc2ccccc2)sc1C(=O)N(Cc1ccc(C(=O)NC2CC2)cc1)C1CC1. The van der Waals surface area contributed by atoms with E-state index in [1.165, 1.54) is 16.9 Å². The first-order valence-electron chi connectivity index (χ1n) is 11.3. The van der Waals surface area contributed by atoms with Crippen molar-refractivity contribution in [2.75, 3.05) is 0 Å². The summed E-state index contributed by atoms with van der Waals surface area (Å²) in [5.74, 6) is 0.0535. The van der Waals surface area contributed by atoms with Crippen LogP contribution in [0.4, 0.5) is 0 Å². The summed E-state index contributed by atoms with van der Waals surface area (Å²) in [6.07, 6.45) is 4.98. The molecule has 6 heteroatoms. The normalized spacial score (nSPS) is 15.4. The summed E-state index contributed by atoms with van der Waals surface area (Å²) >= 11 is 1.51. The van der Waals surface area contributed by atoms with Gasteiger partial charge in [-0.3, -0.25) is 9.59 Å². The standard InChI is InChI=1S/C26H27N3O2S/c1-17-24(32-23(27-17)15-18-5-3-2-4-6-18)26(31)29(22-13-14-22)16-19-7-9-20(10-8-19)25(30)28-21-11-12-21/h2-10,21-22H,11-16H2,1H3,(H,28,30). The fourth-order valence-electron chi connectivity index (χ4n) is 3.83. The van der Waals surface area contributed by atoms with Gasteiger partial charge in [0, 0.05) is 30.6 Å². The monoisotopic (exact) mass is 445 g/mol. The average molecular weight is 446 g/mol. The predicted molar refractivity (Wildman–Crippen MR) is 126 cm³/mol. The molecule has 0 aliphatic heterocycles. The molecule has 0 saturated heterocycles. The van der Waals surface area contributed by atoms with E-state index in [1.54, 1.807) is 0 Å². The Labute approximate surface area is 192 Å². The number of carbonyl (C=O) groups is 2. The number of rotatable bonds is 8. The van der Waals surface area contributed by atoms with Crippen LogP contribution in [0.2, 0.25) is 0 Å². The van der Waals surface area contributed by atoms with E-state index in [0.29, 0.717) is 24.2 Å². The summed E-state index contributed by atoms with van der Waals surface area (Å²) in [5, 5.41) is 3.99. The zero-order valence-electron chi connectivity index (χ0n) is 18.2. The van der Waals surface area contributed by atoms with Crippen molar-refractivity contribution in [3.63, 3.8) is 0 Å². The lowest BCUT2D eigenvalue weighted by atomic mass is 10.1. The molecule has 0 spiro atoms. The zero-order chi connectivity index (χ0) is 22.1. The first-order valence-corrected chi connectivity index (χ1v) is 12.1. The fourth-order valence-corrected chi connectivity index (χ4v) is 4.89. The number of aromatic nitrogens is 1. The molecule has 2 aromatic carbocycles. The molecule has 2 fully saturated rings. The van der Waals surface area contributed by atoms with Crippen molar-refractivity contribution in [3.8, 4) is 0 Å². The van der Waals surface area contributed by atoms with E-state index in [9.17, 15) is 9.59 Å². The van der Waals surface area contributed by atoms with Gasteiger partial charge in [-0.15, -0.1) is 11.3 Å². The smallest absolute Gasteiger partial charge is 0.266 e. The van der Waals surface area contributed by atoms with Gasteiger partial charge in [0.05, 0.1) is 10.7 Å². The average Bonchev–Trinajstić information content (AvgIpc) is 3.73. The van der Waals surface area contributed by atoms with Crippen molar-refractivity contribution in [2.45, 2.75) is 57.7 Å². The van der Waals surface area contributed by atoms with E-state index in [1.807, 2.05) is 54.3 Å². The minimum atomic E-state index is -0.0135. The van der Waals surface area contributed by atoms with Gasteiger partial charge in [-0.1, -0.05) is 42.5 Å². The van der Waals surface area contributed by atoms with Gasteiger partial charge in [0.2, 0.25) is 0 Å². The number of nitrogens with one attached hydrogen (secondary N) is 1. The highest BCUT2D eigenvalue weighted by atomic mass is 32.1. The van der Waals surface area contributed by atoms with Gasteiger partial charge in [0.15, 0.2) is 0 Å². The van der Waals surface area contributed by atoms with E-state index in [-0.39, 0.29) is 11.8 Å². The van der Waals surface area contributed by atoms with Gasteiger partial charge in [-0.25, -0.2) is 4.98 Å². The Bertz CT molecular complexity index is 1120. The maximum atomic E-state index is 13.5. The molecular weight excluding hydrogens is 418 g/mol. The molecule has 3 aromatic rings. The summed E-state index contributed by atoms with van der Waals surface area (Å²) in [6, 6.07) is 18.5. The highest BCUT2D eigenvalue weighted by Gasteiger charge is 2.34. The first-order chi connectivity index (χ1) is 15.6. The minimum absolute atomic E-state index is 0.0135. The lowest BCUT2D eigenvalue weighted by molar-refractivity contribution is 0.0733. The Morgan fingerprint density at radius 1 is 1.00 bits per heavy atom. The summed E-state index contributed by atoms with van der Waals surface area (Å²) in [4.78, 5) is 33.1. The molecule has 0 atom stereocenters. The lowest BCUT2D eigenvalue weighted by Crippen LogP contribution is -2.32. The third kappa shape index (κ3) is 4.91. The van der Waals surface area contributed by atoms with Crippen LogP contribution in [0.1, 0.15) is 67.5 Å².